The topological polar surface area (TPSA) is 90.5 Å². The number of hydrogen-bond acceptors (Lipinski definition) is 6. The van der Waals surface area contributed by atoms with Gasteiger partial charge in [-0.15, -0.1) is 11.8 Å². The van der Waals surface area contributed by atoms with Gasteiger partial charge in [-0.05, 0) is 54.5 Å². The Morgan fingerprint density at radius 3 is 2.41 bits per heavy atom. The van der Waals surface area contributed by atoms with E-state index in [2.05, 4.69) is 4.98 Å². The fraction of sp³-hybridized carbons (Fsp3) is 0.320. The number of H-pyrrole nitrogens is 1. The van der Waals surface area contributed by atoms with E-state index in [9.17, 15) is 23.9 Å². The molecule has 0 spiro atoms. The molecule has 7 rings (SSSR count). The van der Waals surface area contributed by atoms with Crippen molar-refractivity contribution in [1.29, 1.82) is 0 Å². The monoisotopic (exact) mass is 494 g/mol. The van der Waals surface area contributed by atoms with Crippen molar-refractivity contribution in [1.82, 2.24) is 4.98 Å². The summed E-state index contributed by atoms with van der Waals surface area (Å²) in [4.78, 5) is 44.4. The smallest absolute Gasteiger partial charge is 0.305 e. The Morgan fingerprint density at radius 1 is 0.971 bits per heavy atom. The summed E-state index contributed by atoms with van der Waals surface area (Å²) in [6, 6.07) is 12.6. The van der Waals surface area contributed by atoms with E-state index in [1.165, 1.54) is 29.2 Å². The number of nitrogens with zero attached hydrogens (tertiary/aromatic N) is 1. The van der Waals surface area contributed by atoms with Gasteiger partial charge in [0.1, 0.15) is 11.6 Å². The van der Waals surface area contributed by atoms with Crippen LogP contribution in [0.2, 0.25) is 0 Å². The second kappa shape index (κ2) is 7.05. The molecule has 4 aliphatic rings. The molecule has 9 heteroatoms. The maximum absolute atomic E-state index is 13.6. The standard InChI is InChI=1S/C25H19FN2O4S2/c26-10-5-7-11(8-6-10)28-23(30)18-13-9-14(19(18)24(28)31)20-17(13)16(12-3-1-2-4-15(12)29)21-22(33-20)27-25(32)34-21/h1-8,13-14,16-20,29H,9H2,(H,27,32). The van der Waals surface area contributed by atoms with E-state index < -0.39 is 17.7 Å². The molecule has 3 heterocycles. The van der Waals surface area contributed by atoms with Gasteiger partial charge in [0, 0.05) is 21.6 Å². The molecule has 34 heavy (non-hydrogen) atoms. The van der Waals surface area contributed by atoms with Crippen molar-refractivity contribution in [2.45, 2.75) is 22.6 Å². The summed E-state index contributed by atoms with van der Waals surface area (Å²) in [5.41, 5.74) is 1.16. The van der Waals surface area contributed by atoms with Gasteiger partial charge in [0.2, 0.25) is 11.8 Å². The van der Waals surface area contributed by atoms with Crippen LogP contribution in [0.3, 0.4) is 0 Å². The van der Waals surface area contributed by atoms with Gasteiger partial charge in [0.05, 0.1) is 22.5 Å². The number of amides is 2. The van der Waals surface area contributed by atoms with Crippen LogP contribution in [0.1, 0.15) is 22.8 Å². The molecule has 2 aliphatic carbocycles. The van der Waals surface area contributed by atoms with Crippen LogP contribution < -0.4 is 9.77 Å². The number of para-hydroxylation sites is 1. The molecule has 2 amide bonds. The number of carbonyl (C=O) groups is 2. The number of aromatic hydroxyl groups is 1. The van der Waals surface area contributed by atoms with Crippen LogP contribution in [0.25, 0.3) is 0 Å². The minimum Gasteiger partial charge on any atom is -0.508 e. The Bertz CT molecular complexity index is 1420. The molecular weight excluding hydrogens is 475 g/mol. The first kappa shape index (κ1) is 20.5. The first-order chi connectivity index (χ1) is 16.4. The molecule has 6 nitrogen and oxygen atoms in total. The quantitative estimate of drug-likeness (QED) is 0.527. The lowest BCUT2D eigenvalue weighted by Gasteiger charge is -2.43. The minimum absolute atomic E-state index is 0.00296. The van der Waals surface area contributed by atoms with Crippen LogP contribution in [0.5, 0.6) is 5.75 Å². The second-order valence-corrected chi connectivity index (χ2v) is 11.7. The molecular formula is C25H19FN2O4S2. The van der Waals surface area contributed by atoms with Crippen molar-refractivity contribution in [2.24, 2.45) is 29.6 Å². The predicted molar refractivity (Wildman–Crippen MR) is 125 cm³/mol. The molecule has 2 N–H and O–H groups in total. The Hall–Kier alpha value is -2.91. The Labute approximate surface area is 201 Å². The number of aromatic amines is 1. The van der Waals surface area contributed by atoms with Gasteiger partial charge in [-0.25, -0.2) is 4.39 Å². The van der Waals surface area contributed by atoms with Crippen LogP contribution in [-0.2, 0) is 9.59 Å². The summed E-state index contributed by atoms with van der Waals surface area (Å²) < 4.78 is 13.5. The number of phenols is 1. The molecule has 172 valence electrons. The number of thiazole rings is 1. The number of fused-ring (bicyclic) bond motifs is 9. The number of halogens is 1. The Morgan fingerprint density at radius 2 is 1.68 bits per heavy atom. The number of nitrogens with one attached hydrogen (secondary N) is 1. The molecule has 2 aliphatic heterocycles. The molecule has 2 aromatic carbocycles. The predicted octanol–water partition coefficient (Wildman–Crippen LogP) is 3.96. The van der Waals surface area contributed by atoms with Gasteiger partial charge >= 0.3 is 4.87 Å². The normalized spacial score (nSPS) is 33.2. The van der Waals surface area contributed by atoms with E-state index in [0.717, 1.165) is 33.2 Å². The Balaban J connectivity index is 1.34. The highest BCUT2D eigenvalue weighted by Gasteiger charge is 2.69. The highest BCUT2D eigenvalue weighted by Crippen LogP contribution is 2.69. The van der Waals surface area contributed by atoms with Gasteiger partial charge in [0.15, 0.2) is 0 Å². The summed E-state index contributed by atoms with van der Waals surface area (Å²) in [6.07, 6.45) is 0.773. The van der Waals surface area contributed by atoms with Crippen molar-refractivity contribution in [3.8, 4) is 5.75 Å². The zero-order valence-corrected chi connectivity index (χ0v) is 19.3. The molecule has 7 atom stereocenters. The SMILES string of the molecule is O=C1C2C3CC(C2C(=O)N1c1ccc(F)cc1)C1C(c2ccccc2O)c2sc(=O)[nH]c2SC31. The number of carbonyl (C=O) groups excluding carboxylic acids is 2. The second-order valence-electron chi connectivity index (χ2n) is 9.51. The largest absolute Gasteiger partial charge is 0.508 e. The maximum atomic E-state index is 13.6. The summed E-state index contributed by atoms with van der Waals surface area (Å²) in [7, 11) is 0. The molecule has 0 radical (unpaired) electrons. The Kier molecular flexibility index (Phi) is 4.24. The first-order valence-corrected chi connectivity index (χ1v) is 12.9. The molecule has 2 saturated carbocycles. The zero-order chi connectivity index (χ0) is 23.3. The van der Waals surface area contributed by atoms with Crippen LogP contribution in [0.15, 0.2) is 58.4 Å². The number of imide groups is 1. The highest BCUT2D eigenvalue weighted by atomic mass is 32.2. The van der Waals surface area contributed by atoms with Crippen molar-refractivity contribution in [2.75, 3.05) is 4.90 Å². The van der Waals surface area contributed by atoms with Crippen LogP contribution in [0, 0.1) is 35.4 Å². The number of hydrogen-bond donors (Lipinski definition) is 2. The fourth-order valence-electron chi connectivity index (χ4n) is 6.96. The highest BCUT2D eigenvalue weighted by molar-refractivity contribution is 8.00. The molecule has 3 fully saturated rings. The summed E-state index contributed by atoms with van der Waals surface area (Å²) in [5, 5.41) is 11.6. The van der Waals surface area contributed by atoms with Gasteiger partial charge < -0.3 is 10.1 Å². The molecule has 1 saturated heterocycles. The molecule has 7 unspecified atom stereocenters. The maximum Gasteiger partial charge on any atom is 0.305 e. The number of phenolic OH excluding ortho intramolecular Hbond substituents is 1. The van der Waals surface area contributed by atoms with E-state index in [1.54, 1.807) is 23.9 Å². The van der Waals surface area contributed by atoms with Crippen LogP contribution in [-0.4, -0.2) is 27.2 Å². The van der Waals surface area contributed by atoms with Gasteiger partial charge in [-0.3, -0.25) is 19.3 Å². The average molecular weight is 495 g/mol. The average Bonchev–Trinajstić information content (AvgIpc) is 3.54. The van der Waals surface area contributed by atoms with E-state index >= 15 is 0 Å². The van der Waals surface area contributed by atoms with Gasteiger partial charge in [-0.2, -0.15) is 0 Å². The number of rotatable bonds is 2. The van der Waals surface area contributed by atoms with E-state index in [0.29, 0.717) is 5.69 Å². The summed E-state index contributed by atoms with van der Waals surface area (Å²) in [6.45, 7) is 0. The van der Waals surface area contributed by atoms with Crippen molar-refractivity contribution >= 4 is 40.6 Å². The van der Waals surface area contributed by atoms with Gasteiger partial charge in [0.25, 0.3) is 0 Å². The summed E-state index contributed by atoms with van der Waals surface area (Å²) >= 11 is 2.77. The minimum atomic E-state index is -0.435. The van der Waals surface area contributed by atoms with E-state index in [-0.39, 0.29) is 51.4 Å². The van der Waals surface area contributed by atoms with E-state index in [1.807, 2.05) is 12.1 Å². The van der Waals surface area contributed by atoms with E-state index in [4.69, 9.17) is 0 Å². The van der Waals surface area contributed by atoms with Crippen molar-refractivity contribution < 1.29 is 19.1 Å². The lowest BCUT2D eigenvalue weighted by molar-refractivity contribution is -0.123. The zero-order valence-electron chi connectivity index (χ0n) is 17.7. The molecule has 1 aromatic heterocycles. The third-order valence-electron chi connectivity index (χ3n) is 8.08. The fourth-order valence-corrected chi connectivity index (χ4v) is 9.84. The van der Waals surface area contributed by atoms with Crippen molar-refractivity contribution in [3.05, 3.63) is 74.5 Å². The lowest BCUT2D eigenvalue weighted by atomic mass is 9.68. The number of thioether (sulfide) groups is 1. The molecule has 2 bridgehead atoms. The summed E-state index contributed by atoms with van der Waals surface area (Å²) in [5.74, 6) is -1.76. The van der Waals surface area contributed by atoms with Crippen LogP contribution >= 0.6 is 23.1 Å². The first-order valence-electron chi connectivity index (χ1n) is 11.2. The third-order valence-corrected chi connectivity index (χ3v) is 10.7. The van der Waals surface area contributed by atoms with Crippen molar-refractivity contribution in [3.63, 3.8) is 0 Å². The lowest BCUT2D eigenvalue weighted by Crippen LogP contribution is -2.42. The van der Waals surface area contributed by atoms with Gasteiger partial charge in [-0.1, -0.05) is 29.5 Å². The number of anilines is 1. The number of aromatic nitrogens is 1. The van der Waals surface area contributed by atoms with Crippen LogP contribution in [0.4, 0.5) is 10.1 Å². The third kappa shape index (κ3) is 2.59. The number of benzene rings is 2. The molecule has 3 aromatic rings.